The Bertz CT molecular complexity index is 569. The fraction of sp³-hybridized carbons (Fsp3) is 0.182. The zero-order valence-corrected chi connectivity index (χ0v) is 9.38. The quantitative estimate of drug-likeness (QED) is 0.888. The van der Waals surface area contributed by atoms with Crippen molar-refractivity contribution in [2.45, 2.75) is 6.43 Å². The number of nitrogen functional groups attached to an aromatic ring is 1. The van der Waals surface area contributed by atoms with Crippen LogP contribution in [0.1, 0.15) is 12.0 Å². The second-order valence-electron chi connectivity index (χ2n) is 3.57. The number of hydrogen-bond donors (Lipinski definition) is 2. The first-order valence-electron chi connectivity index (χ1n) is 4.99. The fourth-order valence-corrected chi connectivity index (χ4v) is 1.72. The van der Waals surface area contributed by atoms with Crippen LogP contribution in [0.15, 0.2) is 18.3 Å². The number of H-pyrrole nitrogens is 1. The summed E-state index contributed by atoms with van der Waals surface area (Å²) in [6.07, 6.45) is -1.52. The van der Waals surface area contributed by atoms with E-state index in [1.807, 2.05) is 0 Å². The molecule has 0 saturated heterocycles. The highest BCUT2D eigenvalue weighted by Gasteiger charge is 2.21. The van der Waals surface area contributed by atoms with Crippen molar-refractivity contribution >= 4 is 5.82 Å². The first-order valence-corrected chi connectivity index (χ1v) is 4.99. The van der Waals surface area contributed by atoms with Crippen LogP contribution in [0.4, 0.5) is 19.0 Å². The van der Waals surface area contributed by atoms with E-state index in [-0.39, 0.29) is 17.1 Å². The van der Waals surface area contributed by atoms with Crippen LogP contribution in [0, 0.1) is 5.82 Å². The second kappa shape index (κ2) is 4.59. The van der Waals surface area contributed by atoms with E-state index in [1.165, 1.54) is 13.3 Å². The molecule has 0 aliphatic carbocycles. The zero-order valence-electron chi connectivity index (χ0n) is 9.38. The molecule has 96 valence electrons. The number of methoxy groups -OCH3 is 1. The van der Waals surface area contributed by atoms with Gasteiger partial charge >= 0.3 is 0 Å². The lowest BCUT2D eigenvalue weighted by atomic mass is 10.0. The summed E-state index contributed by atoms with van der Waals surface area (Å²) in [6, 6.07) is 1.81. The Hall–Kier alpha value is -2.18. The lowest BCUT2D eigenvalue weighted by Crippen LogP contribution is -1.98. The number of nitrogens with zero attached hydrogens (tertiary/aromatic N) is 1. The minimum atomic E-state index is -2.84. The number of aromatic amines is 1. The molecule has 0 saturated carbocycles. The molecule has 4 nitrogen and oxygen atoms in total. The third-order valence-corrected chi connectivity index (χ3v) is 2.48. The maximum Gasteiger partial charge on any atom is 0.267 e. The average Bonchev–Trinajstić information content (AvgIpc) is 2.74. The van der Waals surface area contributed by atoms with Crippen LogP contribution in [0.5, 0.6) is 5.75 Å². The molecule has 0 radical (unpaired) electrons. The number of nitrogens with two attached hydrogens (primary N) is 1. The molecule has 1 aromatic carbocycles. The maximum absolute atomic E-state index is 13.4. The number of nitrogens with one attached hydrogen (secondary N) is 1. The molecule has 0 amide bonds. The van der Waals surface area contributed by atoms with Crippen LogP contribution in [0.3, 0.4) is 0 Å². The molecule has 2 aromatic rings. The van der Waals surface area contributed by atoms with Crippen molar-refractivity contribution in [1.29, 1.82) is 0 Å². The van der Waals surface area contributed by atoms with Gasteiger partial charge < -0.3 is 10.5 Å². The molecule has 2 rings (SSSR count). The van der Waals surface area contributed by atoms with Crippen molar-refractivity contribution < 1.29 is 17.9 Å². The molecular formula is C11H10F3N3O. The van der Waals surface area contributed by atoms with Gasteiger partial charge in [0.1, 0.15) is 17.4 Å². The highest BCUT2D eigenvalue weighted by Crippen LogP contribution is 2.40. The predicted octanol–water partition coefficient (Wildman–Crippen LogP) is 2.74. The van der Waals surface area contributed by atoms with Gasteiger partial charge in [-0.25, -0.2) is 13.2 Å². The summed E-state index contributed by atoms with van der Waals surface area (Å²) < 4.78 is 43.9. The van der Waals surface area contributed by atoms with Crippen molar-refractivity contribution in [3.05, 3.63) is 29.7 Å². The van der Waals surface area contributed by atoms with E-state index in [0.717, 1.165) is 12.1 Å². The first-order chi connectivity index (χ1) is 8.54. The van der Waals surface area contributed by atoms with Gasteiger partial charge in [0.25, 0.3) is 6.43 Å². The normalized spacial score (nSPS) is 10.9. The highest BCUT2D eigenvalue weighted by molar-refractivity contribution is 5.79. The Morgan fingerprint density at radius 3 is 2.56 bits per heavy atom. The fourth-order valence-electron chi connectivity index (χ4n) is 1.72. The molecule has 0 spiro atoms. The third kappa shape index (κ3) is 1.99. The lowest BCUT2D eigenvalue weighted by Gasteiger charge is -2.13. The molecule has 0 atom stereocenters. The van der Waals surface area contributed by atoms with Crippen LogP contribution < -0.4 is 10.5 Å². The molecule has 0 bridgehead atoms. The summed E-state index contributed by atoms with van der Waals surface area (Å²) in [5, 5.41) is 6.11. The van der Waals surface area contributed by atoms with Crippen molar-refractivity contribution in [2.75, 3.05) is 12.8 Å². The van der Waals surface area contributed by atoms with Gasteiger partial charge in [-0.3, -0.25) is 5.10 Å². The predicted molar refractivity (Wildman–Crippen MR) is 59.9 cm³/mol. The molecular weight excluding hydrogens is 247 g/mol. The molecule has 18 heavy (non-hydrogen) atoms. The van der Waals surface area contributed by atoms with Crippen molar-refractivity contribution in [3.8, 4) is 16.9 Å². The summed E-state index contributed by atoms with van der Waals surface area (Å²) in [4.78, 5) is 0. The lowest BCUT2D eigenvalue weighted by molar-refractivity contribution is 0.146. The smallest absolute Gasteiger partial charge is 0.267 e. The largest absolute Gasteiger partial charge is 0.496 e. The molecule has 1 aromatic heterocycles. The summed E-state index contributed by atoms with van der Waals surface area (Å²) in [5.74, 6) is -0.750. The van der Waals surface area contributed by atoms with Gasteiger partial charge in [-0.05, 0) is 12.1 Å². The van der Waals surface area contributed by atoms with Gasteiger partial charge in [0.05, 0.1) is 18.9 Å². The number of rotatable bonds is 3. The van der Waals surface area contributed by atoms with E-state index >= 15 is 0 Å². The molecule has 0 fully saturated rings. The minimum absolute atomic E-state index is 0.112. The molecule has 0 unspecified atom stereocenters. The van der Waals surface area contributed by atoms with Gasteiger partial charge in [0.15, 0.2) is 0 Å². The number of aromatic nitrogens is 2. The van der Waals surface area contributed by atoms with Crippen LogP contribution in [-0.2, 0) is 0 Å². The molecule has 3 N–H and O–H groups in total. The van der Waals surface area contributed by atoms with Gasteiger partial charge in [-0.2, -0.15) is 5.10 Å². The van der Waals surface area contributed by atoms with Crippen molar-refractivity contribution in [1.82, 2.24) is 10.2 Å². The van der Waals surface area contributed by atoms with E-state index in [9.17, 15) is 13.2 Å². The monoisotopic (exact) mass is 257 g/mol. The zero-order chi connectivity index (χ0) is 13.3. The summed E-state index contributed by atoms with van der Waals surface area (Å²) in [7, 11) is 1.24. The standard InChI is InChI=1S/C11H10F3N3O/c1-18-9-6(8-4-16-17-11(8)15)2-5(12)3-7(9)10(13)14/h2-4,10H,1H3,(H3,15,16,17). The van der Waals surface area contributed by atoms with Gasteiger partial charge in [-0.15, -0.1) is 0 Å². The summed E-state index contributed by atoms with van der Waals surface area (Å²) in [6.45, 7) is 0. The van der Waals surface area contributed by atoms with Gasteiger partial charge in [0, 0.05) is 11.1 Å². The number of benzene rings is 1. The van der Waals surface area contributed by atoms with E-state index in [4.69, 9.17) is 10.5 Å². The Kier molecular flexibility index (Phi) is 3.14. The summed E-state index contributed by atoms with van der Waals surface area (Å²) >= 11 is 0. The average molecular weight is 257 g/mol. The second-order valence-corrected chi connectivity index (χ2v) is 3.57. The Labute approximate surface area is 101 Å². The Balaban J connectivity index is 2.70. The van der Waals surface area contributed by atoms with Crippen molar-refractivity contribution in [2.24, 2.45) is 0 Å². The molecule has 0 aliphatic rings. The van der Waals surface area contributed by atoms with Gasteiger partial charge in [0.2, 0.25) is 0 Å². The third-order valence-electron chi connectivity index (χ3n) is 2.48. The van der Waals surface area contributed by atoms with Crippen LogP contribution in [-0.4, -0.2) is 17.3 Å². The van der Waals surface area contributed by atoms with E-state index in [1.54, 1.807) is 0 Å². The number of anilines is 1. The Morgan fingerprint density at radius 2 is 2.06 bits per heavy atom. The topological polar surface area (TPSA) is 63.9 Å². The van der Waals surface area contributed by atoms with Gasteiger partial charge in [-0.1, -0.05) is 0 Å². The SMILES string of the molecule is COc1c(-c2cn[nH]c2N)cc(F)cc1C(F)F. The Morgan fingerprint density at radius 1 is 1.33 bits per heavy atom. The number of ether oxygens (including phenoxy) is 1. The van der Waals surface area contributed by atoms with E-state index < -0.39 is 17.8 Å². The molecule has 7 heteroatoms. The van der Waals surface area contributed by atoms with Crippen LogP contribution >= 0.6 is 0 Å². The number of hydrogen-bond acceptors (Lipinski definition) is 3. The van der Waals surface area contributed by atoms with Crippen LogP contribution in [0.2, 0.25) is 0 Å². The minimum Gasteiger partial charge on any atom is -0.496 e. The number of alkyl halides is 2. The van der Waals surface area contributed by atoms with Crippen LogP contribution in [0.25, 0.3) is 11.1 Å². The van der Waals surface area contributed by atoms with Crippen molar-refractivity contribution in [3.63, 3.8) is 0 Å². The van der Waals surface area contributed by atoms with E-state index in [2.05, 4.69) is 10.2 Å². The highest BCUT2D eigenvalue weighted by atomic mass is 19.3. The number of halogens is 3. The maximum atomic E-state index is 13.4. The first kappa shape index (κ1) is 12.3. The van der Waals surface area contributed by atoms with E-state index in [0.29, 0.717) is 5.56 Å². The molecule has 0 aliphatic heterocycles. The molecule has 1 heterocycles. The summed E-state index contributed by atoms with van der Waals surface area (Å²) in [5.41, 5.74) is 5.52.